The number of halogens is 6. The van der Waals surface area contributed by atoms with Crippen molar-refractivity contribution in [1.82, 2.24) is 0 Å². The van der Waals surface area contributed by atoms with Gasteiger partial charge >= 0.3 is 12.4 Å². The molecule has 8 heteroatoms. The summed E-state index contributed by atoms with van der Waals surface area (Å²) < 4.78 is 84.3. The third-order valence-corrected chi connectivity index (χ3v) is 12.0. The molecular formula is C64H50F6N2. The zero-order valence-electron chi connectivity index (χ0n) is 40.7. The highest BCUT2D eigenvalue weighted by atomic mass is 19.4. The first-order valence-corrected chi connectivity index (χ1v) is 24.3. The number of benzene rings is 5. The fraction of sp³-hybridized carbons (Fsp3) is 0.281. The van der Waals surface area contributed by atoms with E-state index >= 15 is 0 Å². The van der Waals surface area contributed by atoms with E-state index in [-0.39, 0.29) is 21.2 Å². The number of hydrogen-bond donors (Lipinski definition) is 0. The van der Waals surface area contributed by atoms with Crippen molar-refractivity contribution in [2.45, 2.75) is 91.4 Å². The second kappa shape index (κ2) is 24.1. The second-order valence-electron chi connectivity index (χ2n) is 17.3. The van der Waals surface area contributed by atoms with Crippen molar-refractivity contribution in [3.63, 3.8) is 0 Å². The molecule has 0 N–H and O–H groups in total. The summed E-state index contributed by atoms with van der Waals surface area (Å²) in [5, 5.41) is 4.61. The first-order valence-electron chi connectivity index (χ1n) is 24.3. The van der Waals surface area contributed by atoms with Gasteiger partial charge in [-0.05, 0) is 134 Å². The predicted molar refractivity (Wildman–Crippen MR) is 277 cm³/mol. The minimum absolute atomic E-state index is 0.0410. The Morgan fingerprint density at radius 2 is 0.708 bits per heavy atom. The van der Waals surface area contributed by atoms with Crippen molar-refractivity contribution in [1.29, 1.82) is 0 Å². The van der Waals surface area contributed by atoms with E-state index in [0.717, 1.165) is 113 Å². The Labute approximate surface area is 417 Å². The molecule has 0 spiro atoms. The van der Waals surface area contributed by atoms with Crippen LogP contribution in [0.3, 0.4) is 0 Å². The van der Waals surface area contributed by atoms with E-state index < -0.39 is 23.5 Å². The zero-order chi connectivity index (χ0) is 51.1. The Balaban J connectivity index is 1.67. The van der Waals surface area contributed by atoms with Gasteiger partial charge in [-0.2, -0.15) is 26.3 Å². The summed E-state index contributed by atoms with van der Waals surface area (Å²) in [7, 11) is 0. The molecule has 0 bridgehead atoms. The van der Waals surface area contributed by atoms with Gasteiger partial charge in [-0.25, -0.2) is 0 Å². The Bertz CT molecular complexity index is 3730. The lowest BCUT2D eigenvalue weighted by Crippen LogP contribution is -2.29. The molecule has 0 aliphatic heterocycles. The molecule has 2 nitrogen and oxygen atoms in total. The third-order valence-electron chi connectivity index (χ3n) is 12.0. The molecule has 0 radical (unpaired) electrons. The van der Waals surface area contributed by atoms with Gasteiger partial charge in [0.2, 0.25) is 0 Å². The van der Waals surface area contributed by atoms with Crippen molar-refractivity contribution < 1.29 is 26.3 Å². The van der Waals surface area contributed by atoms with Crippen molar-refractivity contribution >= 4 is 78.1 Å². The highest BCUT2D eigenvalue weighted by Crippen LogP contribution is 2.31. The maximum absolute atomic E-state index is 14.0. The molecule has 358 valence electrons. The molecule has 0 saturated carbocycles. The summed E-state index contributed by atoms with van der Waals surface area (Å²) in [4.78, 5) is 4.66. The van der Waals surface area contributed by atoms with Crippen LogP contribution in [0.15, 0.2) is 96.4 Å². The van der Waals surface area contributed by atoms with Gasteiger partial charge in [0.05, 0.1) is 11.1 Å². The quantitative estimate of drug-likeness (QED) is 0.0792. The van der Waals surface area contributed by atoms with E-state index in [1.807, 2.05) is 36.4 Å². The lowest BCUT2D eigenvalue weighted by Gasteiger charge is -2.24. The highest BCUT2D eigenvalue weighted by molar-refractivity contribution is 5.85. The van der Waals surface area contributed by atoms with Crippen LogP contribution in [0.1, 0.15) is 90.2 Å². The lowest BCUT2D eigenvalue weighted by atomic mass is 10.1. The maximum atomic E-state index is 14.0. The molecular weight excluding hydrogens is 911 g/mol. The molecule has 0 aromatic heterocycles. The Hall–Kier alpha value is -8.24. The molecule has 0 atom stereocenters. The van der Waals surface area contributed by atoms with Crippen molar-refractivity contribution in [3.8, 4) is 0 Å². The van der Waals surface area contributed by atoms with Gasteiger partial charge in [-0.3, -0.25) is 0 Å². The van der Waals surface area contributed by atoms with Crippen LogP contribution in [0, 0.1) is 48.5 Å². The third kappa shape index (κ3) is 13.5. The van der Waals surface area contributed by atoms with Gasteiger partial charge in [0.25, 0.3) is 0 Å². The zero-order valence-corrected chi connectivity index (χ0v) is 40.7. The van der Waals surface area contributed by atoms with E-state index in [9.17, 15) is 26.3 Å². The Kier molecular flexibility index (Phi) is 17.2. The minimum atomic E-state index is -4.63. The molecule has 0 fully saturated rings. The molecule has 72 heavy (non-hydrogen) atoms. The van der Waals surface area contributed by atoms with Gasteiger partial charge in [-0.15, -0.1) is 0 Å². The molecule has 6 aromatic carbocycles. The van der Waals surface area contributed by atoms with Gasteiger partial charge in [-0.1, -0.05) is 124 Å². The van der Waals surface area contributed by atoms with Crippen LogP contribution in [-0.2, 0) is 12.4 Å². The van der Waals surface area contributed by atoms with Gasteiger partial charge in [0.15, 0.2) is 0 Å². The van der Waals surface area contributed by atoms with Crippen molar-refractivity contribution in [2.24, 2.45) is 0 Å². The smallest absolute Gasteiger partial charge is 0.372 e. The molecule has 6 aromatic rings. The number of unbranched alkanes of at least 4 members (excludes halogenated alkanes) is 4. The van der Waals surface area contributed by atoms with E-state index in [1.165, 1.54) is 12.1 Å². The summed E-state index contributed by atoms with van der Waals surface area (Å²) in [6.07, 6.45) is -1.15. The summed E-state index contributed by atoms with van der Waals surface area (Å²) >= 11 is 0. The lowest BCUT2D eigenvalue weighted by molar-refractivity contribution is -0.138. The Morgan fingerprint density at radius 1 is 0.347 bits per heavy atom. The van der Waals surface area contributed by atoms with E-state index in [4.69, 9.17) is 0 Å². The number of hydrogen-bond acceptors (Lipinski definition) is 2. The maximum Gasteiger partial charge on any atom is 0.416 e. The van der Waals surface area contributed by atoms with Gasteiger partial charge < -0.3 is 9.80 Å². The minimum Gasteiger partial charge on any atom is -0.372 e. The largest absolute Gasteiger partial charge is 0.416 e. The number of fused-ring (bicyclic) bond motifs is 6. The normalized spacial score (nSPS) is 11.1. The average molecular weight is 961 g/mol. The molecule has 1 aliphatic carbocycles. The summed E-state index contributed by atoms with van der Waals surface area (Å²) in [5.41, 5.74) is 24.6. The molecule has 0 unspecified atom stereocenters. The monoisotopic (exact) mass is 960 g/mol. The van der Waals surface area contributed by atoms with Gasteiger partial charge in [0, 0.05) is 101 Å². The molecule has 0 saturated heterocycles. The van der Waals surface area contributed by atoms with Crippen LogP contribution in [0.5, 0.6) is 0 Å². The summed E-state index contributed by atoms with van der Waals surface area (Å²) in [5.74, 6) is 0. The van der Waals surface area contributed by atoms with Crippen LogP contribution in [0.25, 0.3) is 66.7 Å². The Morgan fingerprint density at radius 3 is 1.21 bits per heavy atom. The first kappa shape index (κ1) is 51.6. The molecule has 0 amide bonds. The summed E-state index contributed by atoms with van der Waals surface area (Å²) in [6.45, 7) is 12.0. The summed E-state index contributed by atoms with van der Waals surface area (Å²) in [6, 6.07) is 46.1. The van der Waals surface area contributed by atoms with Crippen LogP contribution in [0.2, 0.25) is 0 Å². The number of nitrogens with zero attached hydrogens (tertiary/aromatic N) is 2. The molecule has 0 heterocycles. The fourth-order valence-corrected chi connectivity index (χ4v) is 7.83. The number of rotatable bonds is 14. The van der Waals surface area contributed by atoms with Gasteiger partial charge in [0.1, 0.15) is 0 Å². The topological polar surface area (TPSA) is 6.48 Å². The SMILES string of the molecule is CCCCN(CCCC)c1ccc2c(c1)=C=C=C=C=c1cc(C(F)(F)F)ccc1=C=C=c1cc3c#cc4ccc(C(F)(F)F)cc4c#cc#cc4cc(N(CCCC)CCCC)ccc4c#cc3cc1=C=C=2. The standard InChI is InChI=1S/C64H50F6N2/c1-5-9-37-71(38-10-6-2)61-35-31-49-23-27-57-42-58-28-24-50-32-36-62(72(39-11-7-3)40-12-8-4)46-54(50)20-16-14-18-52-44-60(64(68,69)70)34-30-48(52)22-26-56(58)41-55(57)25-21-47-29-33-59(63(65,66)67)43-51(47)17-13-15-19-53(49)45-61/h29-36,41-46H,5-12,37-40H2,1-4H3. The van der Waals surface area contributed by atoms with Crippen LogP contribution >= 0.6 is 0 Å². The highest BCUT2D eigenvalue weighted by Gasteiger charge is 2.31. The molecule has 7 rings (SSSR count). The predicted octanol–water partition coefficient (Wildman–Crippen LogP) is 11.3. The van der Waals surface area contributed by atoms with Crippen LogP contribution < -0.4 is 41.1 Å². The average Bonchev–Trinajstić information content (AvgIpc) is 3.36. The number of alkyl halides is 6. The van der Waals surface area contributed by atoms with Crippen LogP contribution in [0.4, 0.5) is 37.7 Å². The van der Waals surface area contributed by atoms with E-state index in [1.54, 1.807) is 12.1 Å². The van der Waals surface area contributed by atoms with Crippen LogP contribution in [-0.4, -0.2) is 26.2 Å². The van der Waals surface area contributed by atoms with Crippen molar-refractivity contribution in [2.75, 3.05) is 36.0 Å². The molecule has 1 aliphatic rings. The number of anilines is 2. The van der Waals surface area contributed by atoms with E-state index in [0.29, 0.717) is 42.4 Å². The second-order valence-corrected chi connectivity index (χ2v) is 17.3. The van der Waals surface area contributed by atoms with Crippen molar-refractivity contribution in [3.05, 3.63) is 187 Å². The fourth-order valence-electron chi connectivity index (χ4n) is 7.83. The van der Waals surface area contributed by atoms with E-state index in [2.05, 4.69) is 132 Å². The first-order chi connectivity index (χ1) is 34.8.